The monoisotopic (exact) mass is 379 g/mol. The summed E-state index contributed by atoms with van der Waals surface area (Å²) in [4.78, 5) is 0. The molecule has 1 aromatic carbocycles. The van der Waals surface area contributed by atoms with Crippen LogP contribution in [0.5, 0.6) is 11.5 Å². The van der Waals surface area contributed by atoms with Crippen molar-refractivity contribution >= 4 is 0 Å². The van der Waals surface area contributed by atoms with Crippen LogP contribution < -0.4 is 15.2 Å². The summed E-state index contributed by atoms with van der Waals surface area (Å²) in [5.41, 5.74) is 9.06. The number of hydrogen-bond donors (Lipinski definition) is 2. The van der Waals surface area contributed by atoms with Crippen molar-refractivity contribution in [1.29, 1.82) is 0 Å². The van der Waals surface area contributed by atoms with Crippen molar-refractivity contribution in [1.82, 2.24) is 10.2 Å². The predicted octanol–water partition coefficient (Wildman–Crippen LogP) is 2.42. The van der Waals surface area contributed by atoms with Gasteiger partial charge in [0.15, 0.2) is 23.1 Å². The van der Waals surface area contributed by atoms with E-state index in [2.05, 4.69) is 10.2 Å². The molecule has 4 rings (SSSR count). The third-order valence-corrected chi connectivity index (χ3v) is 5.67. The quantitative estimate of drug-likeness (QED) is 0.853. The van der Waals surface area contributed by atoms with Crippen LogP contribution in [0, 0.1) is 11.6 Å². The van der Waals surface area contributed by atoms with Crippen molar-refractivity contribution < 1.29 is 23.0 Å². The zero-order valence-electron chi connectivity index (χ0n) is 15.4. The van der Waals surface area contributed by atoms with E-state index in [1.54, 1.807) is 0 Å². The number of rotatable bonds is 4. The van der Waals surface area contributed by atoms with Crippen LogP contribution in [-0.2, 0) is 17.6 Å². The standard InChI is InChI=1S/C19H23F2N3O3/c1-25-14-6-15(26-2)18(21)16(17(14)20)9-3-4-10-13(5-9)23-24-19(10)11-7-27-8-12(11)22/h6,9,11-12H,3-5,7-8,22H2,1-2H3,(H,23,24). The minimum Gasteiger partial charge on any atom is -0.494 e. The summed E-state index contributed by atoms with van der Waals surface area (Å²) in [7, 11) is 2.71. The third-order valence-electron chi connectivity index (χ3n) is 5.67. The van der Waals surface area contributed by atoms with Gasteiger partial charge in [-0.15, -0.1) is 0 Å². The van der Waals surface area contributed by atoms with Gasteiger partial charge in [-0.25, -0.2) is 8.78 Å². The number of fused-ring (bicyclic) bond motifs is 1. The molecule has 6 nitrogen and oxygen atoms in total. The molecule has 1 aliphatic carbocycles. The van der Waals surface area contributed by atoms with Gasteiger partial charge in [-0.05, 0) is 30.7 Å². The van der Waals surface area contributed by atoms with Gasteiger partial charge < -0.3 is 19.9 Å². The largest absolute Gasteiger partial charge is 0.494 e. The summed E-state index contributed by atoms with van der Waals surface area (Å²) >= 11 is 0. The van der Waals surface area contributed by atoms with E-state index in [0.29, 0.717) is 32.5 Å². The van der Waals surface area contributed by atoms with E-state index in [1.807, 2.05) is 0 Å². The normalized spacial score (nSPS) is 24.7. The molecule has 2 heterocycles. The number of nitrogens with one attached hydrogen (secondary N) is 1. The lowest BCUT2D eigenvalue weighted by molar-refractivity contribution is 0.190. The number of aromatic amines is 1. The summed E-state index contributed by atoms with van der Waals surface area (Å²) in [6, 6.07) is 1.16. The first kappa shape index (κ1) is 18.2. The van der Waals surface area contributed by atoms with Gasteiger partial charge >= 0.3 is 0 Å². The molecule has 3 unspecified atom stereocenters. The first-order valence-electron chi connectivity index (χ1n) is 9.04. The Labute approximate surface area is 156 Å². The molecular formula is C19H23F2N3O3. The highest BCUT2D eigenvalue weighted by atomic mass is 19.1. The number of nitrogens with two attached hydrogens (primary N) is 1. The van der Waals surface area contributed by atoms with Crippen LogP contribution in [0.1, 0.15) is 40.8 Å². The van der Waals surface area contributed by atoms with Crippen LogP contribution in [0.4, 0.5) is 8.78 Å². The topological polar surface area (TPSA) is 82.4 Å². The maximum Gasteiger partial charge on any atom is 0.171 e. The number of hydrogen-bond acceptors (Lipinski definition) is 5. The van der Waals surface area contributed by atoms with Gasteiger partial charge in [-0.1, -0.05) is 0 Å². The summed E-state index contributed by atoms with van der Waals surface area (Å²) in [6.45, 7) is 1.08. The highest BCUT2D eigenvalue weighted by molar-refractivity contribution is 5.45. The first-order valence-corrected chi connectivity index (χ1v) is 9.04. The Balaban J connectivity index is 1.67. The SMILES string of the molecule is COc1cc(OC)c(F)c(C2CCc3c(C4COCC4N)n[nH]c3C2)c1F. The average Bonchev–Trinajstić information content (AvgIpc) is 3.27. The van der Waals surface area contributed by atoms with E-state index >= 15 is 0 Å². The van der Waals surface area contributed by atoms with Crippen LogP contribution in [-0.4, -0.2) is 43.7 Å². The summed E-state index contributed by atoms with van der Waals surface area (Å²) in [6.07, 6.45) is 1.75. The minimum absolute atomic E-state index is 0.00824. The van der Waals surface area contributed by atoms with E-state index < -0.39 is 11.6 Å². The second-order valence-corrected chi connectivity index (χ2v) is 7.14. The van der Waals surface area contributed by atoms with Gasteiger partial charge in [0.2, 0.25) is 0 Å². The Morgan fingerprint density at radius 2 is 1.89 bits per heavy atom. The molecule has 0 saturated carbocycles. The van der Waals surface area contributed by atoms with Crippen LogP contribution in [0.2, 0.25) is 0 Å². The fourth-order valence-electron chi connectivity index (χ4n) is 4.20. The maximum atomic E-state index is 14.8. The maximum absolute atomic E-state index is 14.8. The van der Waals surface area contributed by atoms with Crippen LogP contribution in [0.25, 0.3) is 0 Å². The Hall–Kier alpha value is -2.19. The van der Waals surface area contributed by atoms with E-state index in [9.17, 15) is 8.78 Å². The molecular weight excluding hydrogens is 356 g/mol. The Bertz CT molecular complexity index is 827. The summed E-state index contributed by atoms with van der Waals surface area (Å²) in [5, 5.41) is 7.50. The Kier molecular flexibility index (Phi) is 4.77. The van der Waals surface area contributed by atoms with Crippen LogP contribution >= 0.6 is 0 Å². The lowest BCUT2D eigenvalue weighted by atomic mass is 9.80. The molecule has 27 heavy (non-hydrogen) atoms. The fourth-order valence-corrected chi connectivity index (χ4v) is 4.20. The number of benzene rings is 1. The smallest absolute Gasteiger partial charge is 0.171 e. The molecule has 3 N–H and O–H groups in total. The van der Waals surface area contributed by atoms with Crippen molar-refractivity contribution in [3.8, 4) is 11.5 Å². The van der Waals surface area contributed by atoms with Gasteiger partial charge in [0.1, 0.15) is 0 Å². The van der Waals surface area contributed by atoms with Crippen molar-refractivity contribution in [3.05, 3.63) is 40.2 Å². The molecule has 3 atom stereocenters. The summed E-state index contributed by atoms with van der Waals surface area (Å²) in [5.74, 6) is -1.65. The van der Waals surface area contributed by atoms with Crippen molar-refractivity contribution in [2.24, 2.45) is 5.73 Å². The number of aromatic nitrogens is 2. The molecule has 0 spiro atoms. The zero-order valence-corrected chi connectivity index (χ0v) is 15.4. The number of nitrogens with zero attached hydrogens (tertiary/aromatic N) is 1. The number of methoxy groups -OCH3 is 2. The van der Waals surface area contributed by atoms with E-state index in [4.69, 9.17) is 19.9 Å². The number of halogens is 2. The molecule has 146 valence electrons. The molecule has 0 radical (unpaired) electrons. The Morgan fingerprint density at radius 1 is 1.19 bits per heavy atom. The molecule has 1 aromatic heterocycles. The highest BCUT2D eigenvalue weighted by Crippen LogP contribution is 2.42. The molecule has 1 saturated heterocycles. The Morgan fingerprint density at radius 3 is 2.48 bits per heavy atom. The predicted molar refractivity (Wildman–Crippen MR) is 94.4 cm³/mol. The molecule has 0 amide bonds. The average molecular weight is 379 g/mol. The van der Waals surface area contributed by atoms with Gasteiger partial charge in [0.25, 0.3) is 0 Å². The molecule has 2 aliphatic rings. The van der Waals surface area contributed by atoms with Gasteiger partial charge in [-0.2, -0.15) is 5.10 Å². The third kappa shape index (κ3) is 2.96. The minimum atomic E-state index is -0.671. The van der Waals surface area contributed by atoms with Gasteiger partial charge in [-0.3, -0.25) is 5.10 Å². The fraction of sp³-hybridized carbons (Fsp3) is 0.526. The lowest BCUT2D eigenvalue weighted by Crippen LogP contribution is -2.28. The van der Waals surface area contributed by atoms with Gasteiger partial charge in [0, 0.05) is 29.3 Å². The molecule has 1 fully saturated rings. The molecule has 2 aromatic rings. The molecule has 1 aliphatic heterocycles. The van der Waals surface area contributed by atoms with Gasteiger partial charge in [0.05, 0.1) is 33.1 Å². The number of ether oxygens (including phenoxy) is 3. The number of H-pyrrole nitrogens is 1. The zero-order chi connectivity index (χ0) is 19.1. The molecule has 8 heteroatoms. The van der Waals surface area contributed by atoms with Crippen molar-refractivity contribution in [3.63, 3.8) is 0 Å². The van der Waals surface area contributed by atoms with Crippen LogP contribution in [0.3, 0.4) is 0 Å². The first-order chi connectivity index (χ1) is 13.0. The second-order valence-electron chi connectivity index (χ2n) is 7.14. The molecule has 0 bridgehead atoms. The van der Waals surface area contributed by atoms with E-state index in [0.717, 1.165) is 17.0 Å². The van der Waals surface area contributed by atoms with Crippen molar-refractivity contribution in [2.75, 3.05) is 27.4 Å². The highest BCUT2D eigenvalue weighted by Gasteiger charge is 2.35. The second kappa shape index (κ2) is 7.09. The summed E-state index contributed by atoms with van der Waals surface area (Å²) < 4.78 is 45.2. The van der Waals surface area contributed by atoms with Crippen LogP contribution in [0.15, 0.2) is 6.07 Å². The van der Waals surface area contributed by atoms with Crippen molar-refractivity contribution in [2.45, 2.75) is 37.1 Å². The van der Waals surface area contributed by atoms with E-state index in [-0.39, 0.29) is 34.9 Å². The lowest BCUT2D eigenvalue weighted by Gasteiger charge is -2.25. The van der Waals surface area contributed by atoms with E-state index in [1.165, 1.54) is 20.3 Å².